The van der Waals surface area contributed by atoms with Crippen LogP contribution in [0, 0.1) is 18.4 Å². The third kappa shape index (κ3) is 9.94. The third-order valence-corrected chi connectivity index (χ3v) is 3.49. The largest absolute Gasteiger partial charge is 0.508 e. The molecule has 1 nitrogen and oxygen atoms in total. The zero-order chi connectivity index (χ0) is 16.3. The van der Waals surface area contributed by atoms with Crippen LogP contribution in [0.4, 0.5) is 0 Å². The second kappa shape index (κ2) is 11.4. The minimum Gasteiger partial charge on any atom is -0.508 e. The van der Waals surface area contributed by atoms with Crippen molar-refractivity contribution in [3.05, 3.63) is 53.1 Å². The van der Waals surface area contributed by atoms with Gasteiger partial charge in [-0.2, -0.15) is 11.6 Å². The maximum absolute atomic E-state index is 9.36. The maximum Gasteiger partial charge on any atom is 0.116 e. The summed E-state index contributed by atoms with van der Waals surface area (Å²) in [5.41, 5.74) is 4.15. The van der Waals surface area contributed by atoms with Gasteiger partial charge in [-0.25, -0.2) is 6.08 Å². The molecule has 1 aromatic rings. The first kappa shape index (κ1) is 28.6. The topological polar surface area (TPSA) is 20.2 Å². The predicted octanol–water partition coefficient (Wildman–Crippen LogP) is 6.56. The Hall–Kier alpha value is -0.206. The maximum atomic E-state index is 9.36. The molecule has 1 aromatic carbocycles. The zero-order valence-corrected chi connectivity index (χ0v) is 19.1. The number of halogens is 2. The molecule has 2 rings (SSSR count). The monoisotopic (exact) mass is 405 g/mol. The summed E-state index contributed by atoms with van der Waals surface area (Å²) < 4.78 is 0. The molecule has 1 aliphatic carbocycles. The Balaban J connectivity index is -0.000000336. The van der Waals surface area contributed by atoms with Crippen molar-refractivity contribution >= 4 is 24.8 Å². The van der Waals surface area contributed by atoms with Crippen LogP contribution in [-0.2, 0) is 27.1 Å². The summed E-state index contributed by atoms with van der Waals surface area (Å²) in [4.78, 5) is 0. The van der Waals surface area contributed by atoms with Crippen LogP contribution in [0.2, 0.25) is 0 Å². The number of aryl methyl sites for hydroxylation is 1. The molecular formula is C20H31Cl2OTi-. The SMILES string of the molecule is CC(C)(C)C1=CC[C-]=C1.Cc1cc(O)cc(C(C)(C)C)c1.Cl.Cl.[Ti]. The Labute approximate surface area is 175 Å². The summed E-state index contributed by atoms with van der Waals surface area (Å²) in [7, 11) is 0. The second-order valence-electron chi connectivity index (χ2n) is 7.77. The van der Waals surface area contributed by atoms with Gasteiger partial charge in [0.15, 0.2) is 0 Å². The minimum absolute atomic E-state index is 0. The van der Waals surface area contributed by atoms with Crippen LogP contribution in [0.5, 0.6) is 5.75 Å². The van der Waals surface area contributed by atoms with Crippen molar-refractivity contribution in [1.82, 2.24) is 0 Å². The van der Waals surface area contributed by atoms with Gasteiger partial charge in [-0.3, -0.25) is 6.08 Å². The average Bonchev–Trinajstić information content (AvgIpc) is 2.79. The van der Waals surface area contributed by atoms with E-state index in [-0.39, 0.29) is 51.9 Å². The van der Waals surface area contributed by atoms with E-state index in [1.807, 2.05) is 13.0 Å². The van der Waals surface area contributed by atoms with Gasteiger partial charge in [-0.15, -0.1) is 31.2 Å². The summed E-state index contributed by atoms with van der Waals surface area (Å²) in [6.45, 7) is 15.1. The Kier molecular flexibility index (Phi) is 13.6. The smallest absolute Gasteiger partial charge is 0.116 e. The van der Waals surface area contributed by atoms with E-state index < -0.39 is 0 Å². The normalized spacial score (nSPS) is 12.7. The van der Waals surface area contributed by atoms with Gasteiger partial charge in [0.1, 0.15) is 5.75 Å². The Morgan fingerprint density at radius 3 is 1.75 bits per heavy atom. The fourth-order valence-corrected chi connectivity index (χ4v) is 2.12. The first-order chi connectivity index (χ1) is 9.50. The summed E-state index contributed by atoms with van der Waals surface area (Å²) in [5.74, 6) is 0.361. The molecule has 0 heterocycles. The molecule has 0 fully saturated rings. The number of phenols is 1. The quantitative estimate of drug-likeness (QED) is 0.382. The molecule has 0 amide bonds. The van der Waals surface area contributed by atoms with E-state index in [0.29, 0.717) is 11.2 Å². The Morgan fingerprint density at radius 1 is 0.917 bits per heavy atom. The van der Waals surface area contributed by atoms with Gasteiger partial charge in [-0.1, -0.05) is 53.0 Å². The van der Waals surface area contributed by atoms with Gasteiger partial charge in [0.25, 0.3) is 0 Å². The summed E-state index contributed by atoms with van der Waals surface area (Å²) in [6, 6.07) is 5.71. The van der Waals surface area contributed by atoms with Crippen LogP contribution in [-0.4, -0.2) is 5.11 Å². The van der Waals surface area contributed by atoms with Crippen LogP contribution in [0.3, 0.4) is 0 Å². The van der Waals surface area contributed by atoms with E-state index >= 15 is 0 Å². The zero-order valence-electron chi connectivity index (χ0n) is 15.9. The molecular weight excluding hydrogens is 375 g/mol. The molecule has 0 radical (unpaired) electrons. The molecule has 0 spiro atoms. The van der Waals surface area contributed by atoms with Crippen molar-refractivity contribution in [1.29, 1.82) is 0 Å². The van der Waals surface area contributed by atoms with E-state index in [1.165, 1.54) is 11.1 Å². The van der Waals surface area contributed by atoms with Crippen LogP contribution in [0.15, 0.2) is 35.9 Å². The molecule has 0 aromatic heterocycles. The van der Waals surface area contributed by atoms with E-state index in [4.69, 9.17) is 0 Å². The van der Waals surface area contributed by atoms with Gasteiger partial charge in [0.05, 0.1) is 0 Å². The van der Waals surface area contributed by atoms with E-state index in [0.717, 1.165) is 12.0 Å². The molecule has 136 valence electrons. The molecule has 1 N–H and O–H groups in total. The van der Waals surface area contributed by atoms with E-state index in [9.17, 15) is 5.11 Å². The molecule has 0 unspecified atom stereocenters. The van der Waals surface area contributed by atoms with Crippen molar-refractivity contribution in [2.45, 2.75) is 60.3 Å². The van der Waals surface area contributed by atoms with Crippen molar-refractivity contribution in [3.8, 4) is 5.75 Å². The Bertz CT molecular complexity index is 529. The first-order valence-electron chi connectivity index (χ1n) is 7.58. The summed E-state index contributed by atoms with van der Waals surface area (Å²) in [5, 5.41) is 9.36. The number of phenolic OH excluding ortho intramolecular Hbond substituents is 1. The van der Waals surface area contributed by atoms with Gasteiger partial charge >= 0.3 is 0 Å². The molecule has 24 heavy (non-hydrogen) atoms. The Morgan fingerprint density at radius 2 is 1.46 bits per heavy atom. The number of rotatable bonds is 0. The van der Waals surface area contributed by atoms with Gasteiger partial charge in [0, 0.05) is 21.7 Å². The minimum atomic E-state index is 0. The molecule has 0 saturated carbocycles. The van der Waals surface area contributed by atoms with Crippen LogP contribution in [0.1, 0.15) is 59.1 Å². The molecule has 0 atom stereocenters. The predicted molar refractivity (Wildman–Crippen MR) is 106 cm³/mol. The fraction of sp³-hybridized carbons (Fsp3) is 0.500. The first-order valence-corrected chi connectivity index (χ1v) is 7.58. The molecule has 0 bridgehead atoms. The summed E-state index contributed by atoms with van der Waals surface area (Å²) >= 11 is 0. The molecule has 0 aliphatic heterocycles. The fourth-order valence-electron chi connectivity index (χ4n) is 2.12. The van der Waals surface area contributed by atoms with Gasteiger partial charge in [-0.05, 0) is 35.6 Å². The standard InChI is InChI=1S/C11H16O.C9H13.2ClH.Ti/c1-8-5-9(11(2,3)4)7-10(12)6-8;1-9(2,3)8-6-4-5-7-8;;;/h5-7,12H,1-4H3;6-7H,4H2,1-3H3;2*1H;/q;-1;;;. The van der Waals surface area contributed by atoms with Crippen LogP contribution in [0.25, 0.3) is 0 Å². The number of aromatic hydroxyl groups is 1. The van der Waals surface area contributed by atoms with Gasteiger partial charge < -0.3 is 5.11 Å². The van der Waals surface area contributed by atoms with Crippen molar-refractivity contribution in [2.24, 2.45) is 5.41 Å². The summed E-state index contributed by atoms with van der Waals surface area (Å²) in [6.07, 6.45) is 8.50. The second-order valence-corrected chi connectivity index (χ2v) is 7.77. The van der Waals surface area contributed by atoms with Crippen molar-refractivity contribution in [3.63, 3.8) is 0 Å². The number of benzene rings is 1. The molecule has 1 aliphatic rings. The third-order valence-electron chi connectivity index (χ3n) is 3.49. The number of allylic oxidation sites excluding steroid dienone is 4. The van der Waals surface area contributed by atoms with Crippen molar-refractivity contribution < 1.29 is 26.8 Å². The van der Waals surface area contributed by atoms with Gasteiger partial charge in [0.2, 0.25) is 0 Å². The average molecular weight is 406 g/mol. The van der Waals surface area contributed by atoms with Crippen LogP contribution >= 0.6 is 24.8 Å². The van der Waals surface area contributed by atoms with Crippen LogP contribution < -0.4 is 0 Å². The number of hydrogen-bond acceptors (Lipinski definition) is 1. The number of hydrogen-bond donors (Lipinski definition) is 1. The molecule has 4 heteroatoms. The molecule has 0 saturated heterocycles. The van der Waals surface area contributed by atoms with E-state index in [2.05, 4.69) is 65.8 Å². The van der Waals surface area contributed by atoms with E-state index in [1.54, 1.807) is 6.07 Å². The van der Waals surface area contributed by atoms with Crippen molar-refractivity contribution in [2.75, 3.05) is 0 Å².